The maximum Gasteiger partial charge on any atom is 0.258 e. The van der Waals surface area contributed by atoms with Crippen LogP contribution in [-0.4, -0.2) is 36.3 Å². The number of hydrogen-bond acceptors (Lipinski definition) is 4. The van der Waals surface area contributed by atoms with Crippen molar-refractivity contribution in [3.05, 3.63) is 33.2 Å². The van der Waals surface area contributed by atoms with Gasteiger partial charge in [0.25, 0.3) is 5.56 Å². The molecule has 1 aliphatic heterocycles. The second-order valence-corrected chi connectivity index (χ2v) is 5.09. The van der Waals surface area contributed by atoms with Crippen molar-refractivity contribution in [2.45, 2.75) is 0 Å². The first-order valence-electron chi connectivity index (χ1n) is 5.75. The monoisotopic (exact) mass is 309 g/mol. The van der Waals surface area contributed by atoms with Gasteiger partial charge in [0.1, 0.15) is 5.82 Å². The third-order valence-electron chi connectivity index (χ3n) is 3.00. The summed E-state index contributed by atoms with van der Waals surface area (Å²) in [5.74, 6) is 0.811. The minimum Gasteiger partial charge on any atom is -0.378 e. The van der Waals surface area contributed by atoms with Crippen LogP contribution in [0.5, 0.6) is 0 Å². The van der Waals surface area contributed by atoms with E-state index in [0.717, 1.165) is 23.4 Å². The van der Waals surface area contributed by atoms with E-state index in [1.165, 1.54) is 0 Å². The number of H-pyrrole nitrogens is 1. The summed E-state index contributed by atoms with van der Waals surface area (Å²) >= 11 is 3.32. The Kier molecular flexibility index (Phi) is 3.05. The Labute approximate surface area is 112 Å². The van der Waals surface area contributed by atoms with Crippen LogP contribution in [0.25, 0.3) is 10.9 Å². The van der Waals surface area contributed by atoms with E-state index in [4.69, 9.17) is 4.74 Å². The number of halogens is 1. The van der Waals surface area contributed by atoms with Crippen LogP contribution >= 0.6 is 15.9 Å². The number of morpholine rings is 1. The molecule has 0 unspecified atom stereocenters. The van der Waals surface area contributed by atoms with Gasteiger partial charge in [0.15, 0.2) is 0 Å². The van der Waals surface area contributed by atoms with Gasteiger partial charge in [0, 0.05) is 29.8 Å². The normalized spacial score (nSPS) is 16.2. The van der Waals surface area contributed by atoms with Gasteiger partial charge in [0.05, 0.1) is 24.1 Å². The molecule has 1 N–H and O–H groups in total. The molecule has 1 fully saturated rings. The van der Waals surface area contributed by atoms with Crippen LogP contribution in [0.3, 0.4) is 0 Å². The van der Waals surface area contributed by atoms with Crippen molar-refractivity contribution in [1.29, 1.82) is 0 Å². The van der Waals surface area contributed by atoms with Crippen molar-refractivity contribution in [3.63, 3.8) is 0 Å². The molecule has 6 heteroatoms. The average molecular weight is 310 g/mol. The van der Waals surface area contributed by atoms with E-state index >= 15 is 0 Å². The second-order valence-electron chi connectivity index (χ2n) is 4.17. The molecular formula is C12H12BrN3O2. The van der Waals surface area contributed by atoms with Crippen LogP contribution < -0.4 is 10.5 Å². The van der Waals surface area contributed by atoms with E-state index in [1.54, 1.807) is 12.3 Å². The van der Waals surface area contributed by atoms with Crippen molar-refractivity contribution >= 4 is 32.7 Å². The number of anilines is 1. The standard InChI is InChI=1S/C12H12BrN3O2/c13-8-5-9-10(14-7-8)6-11(15-12(9)17)16-1-3-18-4-2-16/h5-7H,1-4H2,(H,15,17). The Morgan fingerprint density at radius 1 is 1.33 bits per heavy atom. The number of nitrogens with one attached hydrogen (secondary N) is 1. The molecule has 94 valence electrons. The summed E-state index contributed by atoms with van der Waals surface area (Å²) in [6.45, 7) is 2.96. The van der Waals surface area contributed by atoms with Crippen molar-refractivity contribution < 1.29 is 4.74 Å². The lowest BCUT2D eigenvalue weighted by molar-refractivity contribution is 0.122. The first-order chi connectivity index (χ1) is 8.74. The lowest BCUT2D eigenvalue weighted by Gasteiger charge is -2.28. The molecular weight excluding hydrogens is 298 g/mol. The summed E-state index contributed by atoms with van der Waals surface area (Å²) in [6, 6.07) is 3.69. The molecule has 2 aromatic heterocycles. The molecule has 18 heavy (non-hydrogen) atoms. The summed E-state index contributed by atoms with van der Waals surface area (Å²) in [5, 5.41) is 0.599. The van der Waals surface area contributed by atoms with Crippen LogP contribution in [0.1, 0.15) is 0 Å². The van der Waals surface area contributed by atoms with Crippen molar-refractivity contribution in [2.75, 3.05) is 31.2 Å². The molecule has 0 aromatic carbocycles. The predicted molar refractivity (Wildman–Crippen MR) is 73.1 cm³/mol. The smallest absolute Gasteiger partial charge is 0.258 e. The molecule has 1 saturated heterocycles. The van der Waals surface area contributed by atoms with Gasteiger partial charge in [-0.25, -0.2) is 0 Å². The average Bonchev–Trinajstić information content (AvgIpc) is 2.40. The highest BCUT2D eigenvalue weighted by atomic mass is 79.9. The minimum atomic E-state index is -0.109. The van der Waals surface area contributed by atoms with E-state index in [-0.39, 0.29) is 5.56 Å². The molecule has 0 spiro atoms. The van der Waals surface area contributed by atoms with Crippen molar-refractivity contribution in [2.24, 2.45) is 0 Å². The van der Waals surface area contributed by atoms with Gasteiger partial charge in [-0.2, -0.15) is 0 Å². The first kappa shape index (κ1) is 11.7. The predicted octanol–water partition coefficient (Wildman–Crippen LogP) is 1.52. The van der Waals surface area contributed by atoms with E-state index in [0.29, 0.717) is 24.1 Å². The van der Waals surface area contributed by atoms with Gasteiger partial charge in [-0.1, -0.05) is 0 Å². The van der Waals surface area contributed by atoms with Gasteiger partial charge in [0.2, 0.25) is 0 Å². The van der Waals surface area contributed by atoms with E-state index < -0.39 is 0 Å². The van der Waals surface area contributed by atoms with Gasteiger partial charge < -0.3 is 14.6 Å². The number of aromatic nitrogens is 2. The topological polar surface area (TPSA) is 58.2 Å². The fraction of sp³-hybridized carbons (Fsp3) is 0.333. The Morgan fingerprint density at radius 3 is 2.89 bits per heavy atom. The molecule has 1 aliphatic rings. The number of pyridine rings is 2. The van der Waals surface area contributed by atoms with Crippen LogP contribution in [0.4, 0.5) is 5.82 Å². The molecule has 0 saturated carbocycles. The summed E-state index contributed by atoms with van der Waals surface area (Å²) in [4.78, 5) is 21.3. The summed E-state index contributed by atoms with van der Waals surface area (Å²) < 4.78 is 6.10. The Morgan fingerprint density at radius 2 is 2.11 bits per heavy atom. The van der Waals surface area contributed by atoms with Gasteiger partial charge in [-0.3, -0.25) is 9.78 Å². The van der Waals surface area contributed by atoms with Crippen LogP contribution in [0.15, 0.2) is 27.6 Å². The lowest BCUT2D eigenvalue weighted by Crippen LogP contribution is -2.37. The van der Waals surface area contributed by atoms with E-state index in [2.05, 4.69) is 30.8 Å². The molecule has 3 rings (SSSR count). The Bertz CT molecular complexity index is 635. The second kappa shape index (κ2) is 4.70. The number of ether oxygens (including phenoxy) is 1. The summed E-state index contributed by atoms with van der Waals surface area (Å²) in [6.07, 6.45) is 1.70. The van der Waals surface area contributed by atoms with Crippen LogP contribution in [-0.2, 0) is 4.74 Å². The van der Waals surface area contributed by atoms with Crippen LogP contribution in [0, 0.1) is 0 Å². The fourth-order valence-corrected chi connectivity index (χ4v) is 2.40. The lowest BCUT2D eigenvalue weighted by atomic mass is 10.2. The highest BCUT2D eigenvalue weighted by Gasteiger charge is 2.13. The van der Waals surface area contributed by atoms with Gasteiger partial charge in [-0.05, 0) is 22.0 Å². The summed E-state index contributed by atoms with van der Waals surface area (Å²) in [7, 11) is 0. The number of rotatable bonds is 1. The van der Waals surface area contributed by atoms with E-state index in [9.17, 15) is 4.79 Å². The fourth-order valence-electron chi connectivity index (χ4n) is 2.07. The maximum absolute atomic E-state index is 12.0. The number of fused-ring (bicyclic) bond motifs is 1. The zero-order valence-electron chi connectivity index (χ0n) is 9.65. The zero-order chi connectivity index (χ0) is 12.5. The number of hydrogen-bond donors (Lipinski definition) is 1. The minimum absolute atomic E-state index is 0.109. The molecule has 0 amide bonds. The van der Waals surface area contributed by atoms with Crippen molar-refractivity contribution in [1.82, 2.24) is 9.97 Å². The molecule has 2 aromatic rings. The van der Waals surface area contributed by atoms with Gasteiger partial charge in [-0.15, -0.1) is 0 Å². The third kappa shape index (κ3) is 2.13. The maximum atomic E-state index is 12.0. The Balaban J connectivity index is 2.09. The molecule has 3 heterocycles. The highest BCUT2D eigenvalue weighted by Crippen LogP contribution is 2.18. The summed E-state index contributed by atoms with van der Waals surface area (Å²) in [5.41, 5.74) is 0.603. The largest absolute Gasteiger partial charge is 0.378 e. The molecule has 0 bridgehead atoms. The number of aromatic amines is 1. The quantitative estimate of drug-likeness (QED) is 0.868. The number of nitrogens with zero attached hydrogens (tertiary/aromatic N) is 2. The highest BCUT2D eigenvalue weighted by molar-refractivity contribution is 9.10. The molecule has 0 aliphatic carbocycles. The molecule has 5 nitrogen and oxygen atoms in total. The van der Waals surface area contributed by atoms with Crippen LogP contribution in [0.2, 0.25) is 0 Å². The van der Waals surface area contributed by atoms with E-state index in [1.807, 2.05) is 6.07 Å². The zero-order valence-corrected chi connectivity index (χ0v) is 11.2. The molecule has 0 atom stereocenters. The van der Waals surface area contributed by atoms with Gasteiger partial charge >= 0.3 is 0 Å². The first-order valence-corrected chi connectivity index (χ1v) is 6.54. The molecule has 0 radical (unpaired) electrons. The Hall–Kier alpha value is -1.40. The SMILES string of the molecule is O=c1[nH]c(N2CCOCC2)cc2ncc(Br)cc12. The van der Waals surface area contributed by atoms with Crippen molar-refractivity contribution in [3.8, 4) is 0 Å². The third-order valence-corrected chi connectivity index (χ3v) is 3.43.